The van der Waals surface area contributed by atoms with Gasteiger partial charge in [0, 0.05) is 19.1 Å². The molecule has 1 aromatic carbocycles. The van der Waals surface area contributed by atoms with Gasteiger partial charge in [-0.15, -0.1) is 0 Å². The number of nitrogens with one attached hydrogen (secondary N) is 1. The molecule has 2 saturated carbocycles. The monoisotopic (exact) mass is 401 g/mol. The van der Waals surface area contributed by atoms with Crippen LogP contribution in [-0.4, -0.2) is 36.4 Å². The van der Waals surface area contributed by atoms with Crippen LogP contribution < -0.4 is 10.1 Å². The normalized spacial score (nSPS) is 34.8. The maximum absolute atomic E-state index is 12.4. The number of aliphatic hydroxyl groups is 1. The van der Waals surface area contributed by atoms with E-state index in [1.54, 1.807) is 0 Å². The summed E-state index contributed by atoms with van der Waals surface area (Å²) in [5.74, 6) is 1.81. The third kappa shape index (κ3) is 3.46. The maximum atomic E-state index is 12.4. The molecular formula is C24H35NO4. The molecule has 2 aliphatic carbocycles. The van der Waals surface area contributed by atoms with Gasteiger partial charge in [-0.2, -0.15) is 0 Å². The first-order valence-electron chi connectivity index (χ1n) is 11.1. The number of ether oxygens (including phenoxy) is 2. The molecule has 0 aromatic heterocycles. The highest BCUT2D eigenvalue weighted by molar-refractivity contribution is 5.76. The third-order valence-electron chi connectivity index (χ3n) is 7.71. The van der Waals surface area contributed by atoms with Crippen LogP contribution in [0.5, 0.6) is 5.75 Å². The van der Waals surface area contributed by atoms with Crippen molar-refractivity contribution < 1.29 is 19.4 Å². The molecule has 3 aliphatic rings. The number of rotatable bonds is 6. The fraction of sp³-hybridized carbons (Fsp3) is 0.708. The Morgan fingerprint density at radius 2 is 2.17 bits per heavy atom. The van der Waals surface area contributed by atoms with Gasteiger partial charge in [0.05, 0.1) is 18.8 Å². The number of benzene rings is 1. The van der Waals surface area contributed by atoms with Crippen LogP contribution in [0.4, 0.5) is 0 Å². The molecule has 2 bridgehead atoms. The van der Waals surface area contributed by atoms with E-state index >= 15 is 0 Å². The zero-order valence-electron chi connectivity index (χ0n) is 18.1. The van der Waals surface area contributed by atoms with Crippen LogP contribution in [0.1, 0.15) is 65.0 Å². The minimum atomic E-state index is -0.104. The van der Waals surface area contributed by atoms with Gasteiger partial charge in [0.2, 0.25) is 5.91 Å². The van der Waals surface area contributed by atoms with Crippen LogP contribution in [0.2, 0.25) is 0 Å². The summed E-state index contributed by atoms with van der Waals surface area (Å²) in [6, 6.07) is 8.45. The number of fused-ring (bicyclic) bond motifs is 1. The van der Waals surface area contributed by atoms with Gasteiger partial charge < -0.3 is 19.9 Å². The molecule has 29 heavy (non-hydrogen) atoms. The van der Waals surface area contributed by atoms with Gasteiger partial charge in [-0.1, -0.05) is 26.0 Å². The molecule has 5 atom stereocenters. The summed E-state index contributed by atoms with van der Waals surface area (Å²) in [4.78, 5) is 12.4. The van der Waals surface area contributed by atoms with Crippen LogP contribution in [-0.2, 0) is 9.53 Å². The van der Waals surface area contributed by atoms with E-state index in [1.807, 2.05) is 19.9 Å². The quantitative estimate of drug-likeness (QED) is 0.760. The molecule has 1 unspecified atom stereocenters. The van der Waals surface area contributed by atoms with E-state index in [0.29, 0.717) is 18.4 Å². The van der Waals surface area contributed by atoms with Gasteiger partial charge >= 0.3 is 0 Å². The van der Waals surface area contributed by atoms with Gasteiger partial charge in [-0.05, 0) is 73.5 Å². The summed E-state index contributed by atoms with van der Waals surface area (Å²) in [5, 5.41) is 12.5. The second kappa shape index (κ2) is 7.59. The average Bonchev–Trinajstić information content (AvgIpc) is 3.14. The number of carbonyl (C=O) groups is 1. The second-order valence-electron chi connectivity index (χ2n) is 10.1. The zero-order chi connectivity index (χ0) is 20.8. The summed E-state index contributed by atoms with van der Waals surface area (Å²) in [5.41, 5.74) is 1.31. The molecule has 5 nitrogen and oxygen atoms in total. The lowest BCUT2D eigenvalue weighted by Gasteiger charge is -2.53. The minimum Gasteiger partial charge on any atom is -0.491 e. The number of hydrogen-bond donors (Lipinski definition) is 2. The Hall–Kier alpha value is -1.59. The minimum absolute atomic E-state index is 0.0396. The highest BCUT2D eigenvalue weighted by atomic mass is 16.5. The van der Waals surface area contributed by atoms with Crippen molar-refractivity contribution in [2.45, 2.75) is 71.6 Å². The zero-order valence-corrected chi connectivity index (χ0v) is 18.1. The average molecular weight is 402 g/mol. The molecule has 1 heterocycles. The van der Waals surface area contributed by atoms with E-state index in [1.165, 1.54) is 5.56 Å². The van der Waals surface area contributed by atoms with Crippen LogP contribution >= 0.6 is 0 Å². The fourth-order valence-electron chi connectivity index (χ4n) is 6.49. The standard InChI is InChI=1S/C24H35NO4/c1-15(2)29-18-7-5-6-16(12-18)21-19-13-17-14-24(19,9-11-28-21)22(23(17,3)4)25-20(27)8-10-26/h5-7,12,15,17,19,21-22,26H,8-11,13-14H2,1-4H3,(H,25,27)/t17-,19-,21-,22-,24?/m1/s1. The van der Waals surface area contributed by atoms with Crippen LogP contribution in [0, 0.1) is 22.7 Å². The highest BCUT2D eigenvalue weighted by Gasteiger charge is 2.68. The maximum Gasteiger partial charge on any atom is 0.222 e. The lowest BCUT2D eigenvalue weighted by molar-refractivity contribution is -0.137. The topological polar surface area (TPSA) is 67.8 Å². The fourth-order valence-corrected chi connectivity index (χ4v) is 6.49. The van der Waals surface area contributed by atoms with Crippen LogP contribution in [0.3, 0.4) is 0 Å². The molecule has 2 N–H and O–H groups in total. The second-order valence-corrected chi connectivity index (χ2v) is 10.1. The summed E-state index contributed by atoms with van der Waals surface area (Å²) in [6.45, 7) is 9.29. The molecule has 1 aliphatic heterocycles. The Balaban J connectivity index is 1.63. The molecule has 0 radical (unpaired) electrons. The van der Waals surface area contributed by atoms with E-state index in [0.717, 1.165) is 25.0 Å². The van der Waals surface area contributed by atoms with Crippen LogP contribution in [0.25, 0.3) is 0 Å². The first kappa shape index (κ1) is 20.7. The SMILES string of the molecule is CC(C)Oc1cccc([C@H]2OCCC34C[C@@H](C[C@H]23)C(C)(C)[C@H]4NC(=O)CCO)c1. The lowest BCUT2D eigenvalue weighted by atomic mass is 9.59. The van der Waals surface area contributed by atoms with E-state index < -0.39 is 0 Å². The summed E-state index contributed by atoms with van der Waals surface area (Å²) >= 11 is 0. The predicted octanol–water partition coefficient (Wildman–Crippen LogP) is 3.85. The highest BCUT2D eigenvalue weighted by Crippen LogP contribution is 2.70. The van der Waals surface area contributed by atoms with Gasteiger partial charge in [0.15, 0.2) is 0 Å². The molecule has 4 rings (SSSR count). The van der Waals surface area contributed by atoms with Gasteiger partial charge in [0.1, 0.15) is 5.75 Å². The molecule has 1 aromatic rings. The number of aliphatic hydroxyl groups excluding tert-OH is 1. The third-order valence-corrected chi connectivity index (χ3v) is 7.71. The van der Waals surface area contributed by atoms with E-state index in [-0.39, 0.29) is 48.0 Å². The van der Waals surface area contributed by atoms with Crippen molar-refractivity contribution in [2.75, 3.05) is 13.2 Å². The van der Waals surface area contributed by atoms with Gasteiger partial charge in [-0.3, -0.25) is 4.79 Å². The van der Waals surface area contributed by atoms with Crippen molar-refractivity contribution in [1.82, 2.24) is 5.32 Å². The Morgan fingerprint density at radius 3 is 2.90 bits per heavy atom. The Labute approximate surface area is 174 Å². The van der Waals surface area contributed by atoms with Crippen molar-refractivity contribution in [3.8, 4) is 5.75 Å². The molecule has 1 spiro atoms. The number of hydrogen-bond acceptors (Lipinski definition) is 4. The Kier molecular flexibility index (Phi) is 5.41. The van der Waals surface area contributed by atoms with Gasteiger partial charge in [-0.25, -0.2) is 0 Å². The molecule has 160 valence electrons. The van der Waals surface area contributed by atoms with Crippen molar-refractivity contribution in [3.05, 3.63) is 29.8 Å². The van der Waals surface area contributed by atoms with Crippen molar-refractivity contribution >= 4 is 5.91 Å². The molecule has 5 heteroatoms. The van der Waals surface area contributed by atoms with Crippen molar-refractivity contribution in [2.24, 2.45) is 22.7 Å². The molecular weight excluding hydrogens is 366 g/mol. The Bertz CT molecular complexity index is 761. The summed E-state index contributed by atoms with van der Waals surface area (Å²) < 4.78 is 12.3. The number of amides is 1. The van der Waals surface area contributed by atoms with Gasteiger partial charge in [0.25, 0.3) is 0 Å². The van der Waals surface area contributed by atoms with E-state index in [9.17, 15) is 9.90 Å². The Morgan fingerprint density at radius 1 is 1.38 bits per heavy atom. The van der Waals surface area contributed by atoms with E-state index in [4.69, 9.17) is 9.47 Å². The van der Waals surface area contributed by atoms with Crippen molar-refractivity contribution in [3.63, 3.8) is 0 Å². The molecule has 3 fully saturated rings. The molecule has 1 amide bonds. The smallest absolute Gasteiger partial charge is 0.222 e. The van der Waals surface area contributed by atoms with E-state index in [2.05, 4.69) is 37.4 Å². The first-order valence-corrected chi connectivity index (χ1v) is 11.1. The van der Waals surface area contributed by atoms with Crippen LogP contribution in [0.15, 0.2) is 24.3 Å². The number of carbonyl (C=O) groups excluding carboxylic acids is 1. The van der Waals surface area contributed by atoms with Crippen molar-refractivity contribution in [1.29, 1.82) is 0 Å². The first-order chi connectivity index (χ1) is 13.8. The lowest BCUT2D eigenvalue weighted by Crippen LogP contribution is -2.59. The predicted molar refractivity (Wildman–Crippen MR) is 112 cm³/mol. The summed E-state index contributed by atoms with van der Waals surface area (Å²) in [6.07, 6.45) is 3.62. The summed E-state index contributed by atoms with van der Waals surface area (Å²) in [7, 11) is 0. The molecule has 1 saturated heterocycles. The largest absolute Gasteiger partial charge is 0.491 e.